The Balaban J connectivity index is 1.32. The largest absolute Gasteiger partial charge is 0.490 e. The van der Waals surface area contributed by atoms with Gasteiger partial charge in [-0.1, -0.05) is 0 Å². The quantitative estimate of drug-likeness (QED) is 0.123. The van der Waals surface area contributed by atoms with Crippen LogP contribution in [0.15, 0.2) is 36.7 Å². The molecule has 1 aliphatic rings. The summed E-state index contributed by atoms with van der Waals surface area (Å²) in [6.07, 6.45) is 7.56. The molecule has 5 rings (SSSR count). The lowest BCUT2D eigenvalue weighted by Crippen LogP contribution is -2.22. The second kappa shape index (κ2) is 14.3. The number of hydrogen-bond donors (Lipinski definition) is 1. The average Bonchev–Trinajstić information content (AvgIpc) is 3.64. The van der Waals surface area contributed by atoms with Crippen molar-refractivity contribution in [3.8, 4) is 23.1 Å². The predicted octanol–water partition coefficient (Wildman–Crippen LogP) is 6.72. The molecule has 0 saturated carbocycles. The average molecular weight is 579 g/mol. The molecular formula is C32H39FN4O5. The van der Waals surface area contributed by atoms with E-state index in [1.807, 2.05) is 13.0 Å². The number of rotatable bonds is 15. The van der Waals surface area contributed by atoms with Crippen LogP contribution in [0.2, 0.25) is 0 Å². The third-order valence-corrected chi connectivity index (χ3v) is 7.37. The minimum atomic E-state index is -0.458. The number of hydrogen-bond acceptors (Lipinski definition) is 8. The van der Waals surface area contributed by atoms with E-state index in [0.717, 1.165) is 51.0 Å². The van der Waals surface area contributed by atoms with Crippen LogP contribution in [0, 0.1) is 12.7 Å². The van der Waals surface area contributed by atoms with Gasteiger partial charge < -0.3 is 28.8 Å². The molecule has 1 aliphatic heterocycles. The number of nitrogens with zero attached hydrogens (tertiary/aromatic N) is 3. The topological polar surface area (TPSA) is 98.8 Å². The molecule has 0 radical (unpaired) electrons. The van der Waals surface area contributed by atoms with Crippen molar-refractivity contribution in [3.05, 3.63) is 48.2 Å². The molecule has 224 valence electrons. The summed E-state index contributed by atoms with van der Waals surface area (Å²) in [7, 11) is 0. The number of H-pyrrole nitrogens is 1. The number of carbonyl (C=O) groups excluding carboxylic acids is 1. The van der Waals surface area contributed by atoms with Gasteiger partial charge in [0.05, 0.1) is 30.7 Å². The summed E-state index contributed by atoms with van der Waals surface area (Å²) >= 11 is 0. The number of esters is 1. The summed E-state index contributed by atoms with van der Waals surface area (Å²) in [6.45, 7) is 8.38. The van der Waals surface area contributed by atoms with Gasteiger partial charge >= 0.3 is 5.97 Å². The Morgan fingerprint density at radius 2 is 1.74 bits per heavy atom. The molecule has 4 aromatic rings. The summed E-state index contributed by atoms with van der Waals surface area (Å²) in [6, 6.07) is 8.75. The van der Waals surface area contributed by atoms with E-state index in [0.29, 0.717) is 59.5 Å². The summed E-state index contributed by atoms with van der Waals surface area (Å²) in [4.78, 5) is 25.9. The Morgan fingerprint density at radius 3 is 2.55 bits per heavy atom. The van der Waals surface area contributed by atoms with Crippen LogP contribution in [-0.2, 0) is 9.53 Å². The standard InChI is InChI=1S/C32H39FN4O5/c1-3-39-30(38)10-5-4-8-16-40-28-19-24-26(20-29(28)41-17-9-15-37-13-6-7-14-37)34-21-35-32(24)42-27-12-11-25-23(31(27)33)18-22(2)36-25/h11-12,18-21,36H,3-10,13-17H2,1-2H3. The highest BCUT2D eigenvalue weighted by Gasteiger charge is 2.17. The number of carbonyl (C=O) groups is 1. The highest BCUT2D eigenvalue weighted by atomic mass is 19.1. The van der Waals surface area contributed by atoms with Crippen molar-refractivity contribution in [2.45, 2.75) is 58.8 Å². The molecule has 10 heteroatoms. The number of aryl methyl sites for hydroxylation is 1. The zero-order valence-corrected chi connectivity index (χ0v) is 24.4. The molecule has 1 fully saturated rings. The van der Waals surface area contributed by atoms with Crippen molar-refractivity contribution in [2.24, 2.45) is 0 Å². The van der Waals surface area contributed by atoms with Gasteiger partial charge in [0, 0.05) is 35.6 Å². The minimum Gasteiger partial charge on any atom is -0.490 e. The number of halogens is 1. The monoisotopic (exact) mass is 578 g/mol. The first kappa shape index (κ1) is 29.6. The molecule has 0 amide bonds. The second-order valence-corrected chi connectivity index (χ2v) is 10.6. The van der Waals surface area contributed by atoms with Crippen LogP contribution in [0.5, 0.6) is 23.1 Å². The maximum absolute atomic E-state index is 15.3. The van der Waals surface area contributed by atoms with Crippen LogP contribution in [0.3, 0.4) is 0 Å². The Kier molecular flexibility index (Phi) is 10.1. The number of nitrogens with one attached hydrogen (secondary N) is 1. The van der Waals surface area contributed by atoms with E-state index >= 15 is 4.39 Å². The summed E-state index contributed by atoms with van der Waals surface area (Å²) in [5.74, 6) is 0.813. The van der Waals surface area contributed by atoms with Crippen molar-refractivity contribution in [1.82, 2.24) is 19.9 Å². The van der Waals surface area contributed by atoms with E-state index in [4.69, 9.17) is 18.9 Å². The minimum absolute atomic E-state index is 0.0767. The Hall–Kier alpha value is -3.92. The van der Waals surface area contributed by atoms with Gasteiger partial charge in [-0.2, -0.15) is 0 Å². The van der Waals surface area contributed by atoms with Gasteiger partial charge in [-0.15, -0.1) is 0 Å². The van der Waals surface area contributed by atoms with Crippen LogP contribution < -0.4 is 14.2 Å². The maximum Gasteiger partial charge on any atom is 0.305 e. The fourth-order valence-corrected chi connectivity index (χ4v) is 5.26. The van der Waals surface area contributed by atoms with E-state index in [-0.39, 0.29) is 17.6 Å². The normalized spacial score (nSPS) is 13.6. The fraction of sp³-hybridized carbons (Fsp3) is 0.469. The molecule has 3 heterocycles. The lowest BCUT2D eigenvalue weighted by atomic mass is 10.2. The molecular weight excluding hydrogens is 539 g/mol. The molecule has 42 heavy (non-hydrogen) atoms. The third-order valence-electron chi connectivity index (χ3n) is 7.37. The first-order valence-electron chi connectivity index (χ1n) is 14.9. The number of fused-ring (bicyclic) bond motifs is 2. The molecule has 2 aromatic heterocycles. The molecule has 0 unspecified atom stereocenters. The van der Waals surface area contributed by atoms with Gasteiger partial charge in [0.15, 0.2) is 23.1 Å². The number of benzene rings is 2. The van der Waals surface area contributed by atoms with Gasteiger partial charge in [0.1, 0.15) is 6.33 Å². The van der Waals surface area contributed by atoms with Gasteiger partial charge in [-0.3, -0.25) is 4.79 Å². The van der Waals surface area contributed by atoms with E-state index in [1.165, 1.54) is 19.2 Å². The molecule has 0 aliphatic carbocycles. The van der Waals surface area contributed by atoms with E-state index < -0.39 is 5.82 Å². The molecule has 9 nitrogen and oxygen atoms in total. The zero-order chi connectivity index (χ0) is 29.3. The molecule has 1 saturated heterocycles. The Morgan fingerprint density at radius 1 is 0.952 bits per heavy atom. The lowest BCUT2D eigenvalue weighted by molar-refractivity contribution is -0.143. The smallest absolute Gasteiger partial charge is 0.305 e. The predicted molar refractivity (Wildman–Crippen MR) is 159 cm³/mol. The van der Waals surface area contributed by atoms with Crippen LogP contribution in [0.25, 0.3) is 21.8 Å². The van der Waals surface area contributed by atoms with Gasteiger partial charge in [0.2, 0.25) is 5.88 Å². The summed E-state index contributed by atoms with van der Waals surface area (Å²) in [5.41, 5.74) is 2.17. The van der Waals surface area contributed by atoms with Crippen molar-refractivity contribution in [1.29, 1.82) is 0 Å². The molecule has 1 N–H and O–H groups in total. The van der Waals surface area contributed by atoms with E-state index in [1.54, 1.807) is 31.2 Å². The van der Waals surface area contributed by atoms with Crippen molar-refractivity contribution < 1.29 is 28.1 Å². The zero-order valence-electron chi connectivity index (χ0n) is 24.4. The highest BCUT2D eigenvalue weighted by molar-refractivity contribution is 5.87. The Labute approximate surface area is 245 Å². The van der Waals surface area contributed by atoms with Crippen molar-refractivity contribution >= 4 is 27.8 Å². The van der Waals surface area contributed by atoms with Gasteiger partial charge in [-0.05, 0) is 89.7 Å². The molecule has 0 spiro atoms. The highest BCUT2D eigenvalue weighted by Crippen LogP contribution is 2.38. The second-order valence-electron chi connectivity index (χ2n) is 10.6. The maximum atomic E-state index is 15.3. The first-order chi connectivity index (χ1) is 20.5. The molecule has 0 bridgehead atoms. The van der Waals surface area contributed by atoms with Crippen LogP contribution >= 0.6 is 0 Å². The molecule has 0 atom stereocenters. The summed E-state index contributed by atoms with van der Waals surface area (Å²) in [5, 5.41) is 1.05. The van der Waals surface area contributed by atoms with Crippen LogP contribution in [-0.4, -0.2) is 65.3 Å². The van der Waals surface area contributed by atoms with E-state index in [9.17, 15) is 4.79 Å². The number of unbranched alkanes of at least 4 members (excludes halogenated alkanes) is 2. The number of likely N-dealkylation sites (tertiary alicyclic amines) is 1. The number of ether oxygens (including phenoxy) is 4. The Bertz CT molecular complexity index is 1500. The lowest BCUT2D eigenvalue weighted by Gasteiger charge is -2.17. The van der Waals surface area contributed by atoms with Crippen LogP contribution in [0.4, 0.5) is 4.39 Å². The fourth-order valence-electron chi connectivity index (χ4n) is 5.26. The number of aromatic nitrogens is 3. The first-order valence-corrected chi connectivity index (χ1v) is 14.9. The molecule has 2 aromatic carbocycles. The van der Waals surface area contributed by atoms with Crippen LogP contribution in [0.1, 0.15) is 57.6 Å². The van der Waals surface area contributed by atoms with Gasteiger partial charge in [0.25, 0.3) is 0 Å². The summed E-state index contributed by atoms with van der Waals surface area (Å²) < 4.78 is 38.7. The van der Waals surface area contributed by atoms with E-state index in [2.05, 4.69) is 19.9 Å². The van der Waals surface area contributed by atoms with Crippen molar-refractivity contribution in [2.75, 3.05) is 39.5 Å². The van der Waals surface area contributed by atoms with Crippen molar-refractivity contribution in [3.63, 3.8) is 0 Å². The number of aromatic amines is 1. The van der Waals surface area contributed by atoms with Gasteiger partial charge in [-0.25, -0.2) is 14.4 Å². The third kappa shape index (κ3) is 7.47. The SMILES string of the molecule is CCOC(=O)CCCCCOc1cc2c(Oc3ccc4[nH]c(C)cc4c3F)ncnc2cc1OCCCN1CCCC1.